The largest absolute Gasteiger partial charge is 0.489 e. The van der Waals surface area contributed by atoms with Crippen LogP contribution in [0.25, 0.3) is 0 Å². The van der Waals surface area contributed by atoms with Crippen molar-refractivity contribution in [2.75, 3.05) is 32.8 Å². The van der Waals surface area contributed by atoms with Gasteiger partial charge in [0.05, 0.1) is 5.54 Å². The van der Waals surface area contributed by atoms with Gasteiger partial charge in [-0.15, -0.1) is 0 Å². The van der Waals surface area contributed by atoms with E-state index in [2.05, 4.69) is 10.2 Å². The molecule has 0 aromatic heterocycles. The molecule has 0 spiro atoms. The summed E-state index contributed by atoms with van der Waals surface area (Å²) >= 11 is 0. The molecule has 3 nitrogen and oxygen atoms in total. The Bertz CT molecular complexity index is 979. The number of nitrogens with one attached hydrogen (secondary N) is 1. The van der Waals surface area contributed by atoms with Crippen molar-refractivity contribution in [3.63, 3.8) is 0 Å². The molecule has 0 atom stereocenters. The number of piperazine rings is 1. The second kappa shape index (κ2) is 9.08. The van der Waals surface area contributed by atoms with Gasteiger partial charge >= 0.3 is 0 Å². The van der Waals surface area contributed by atoms with Crippen LogP contribution in [0.2, 0.25) is 0 Å². The Morgan fingerprint density at radius 2 is 1.39 bits per heavy atom. The molecule has 0 bridgehead atoms. The standard InChI is InChI=1S/C24H22F4N2O/c25-19-5-1-17(2-6-19)24(18-3-7-20(26)8-4-18)16-30(12-11-29-24)13-14-31-23-10-9-21(27)15-22(23)28/h1-10,15,29H,11-14,16H2. The highest BCUT2D eigenvalue weighted by atomic mass is 19.1. The van der Waals surface area contributed by atoms with Crippen LogP contribution in [0.1, 0.15) is 11.1 Å². The predicted molar refractivity (Wildman–Crippen MR) is 110 cm³/mol. The van der Waals surface area contributed by atoms with Crippen molar-refractivity contribution < 1.29 is 22.3 Å². The molecule has 7 heteroatoms. The van der Waals surface area contributed by atoms with E-state index in [0.29, 0.717) is 19.6 Å². The number of hydrogen-bond acceptors (Lipinski definition) is 3. The zero-order valence-electron chi connectivity index (χ0n) is 16.8. The Balaban J connectivity index is 1.53. The molecule has 1 fully saturated rings. The van der Waals surface area contributed by atoms with Crippen molar-refractivity contribution in [2.24, 2.45) is 0 Å². The molecule has 3 aromatic carbocycles. The molecule has 0 unspecified atom stereocenters. The van der Waals surface area contributed by atoms with Gasteiger partial charge in [-0.1, -0.05) is 24.3 Å². The van der Waals surface area contributed by atoms with Crippen LogP contribution in [0, 0.1) is 23.3 Å². The molecule has 1 aliphatic heterocycles. The molecular formula is C24H22F4N2O. The third-order valence-electron chi connectivity index (χ3n) is 5.55. The molecule has 4 rings (SSSR count). The highest BCUT2D eigenvalue weighted by Gasteiger charge is 2.38. The van der Waals surface area contributed by atoms with Crippen LogP contribution >= 0.6 is 0 Å². The number of benzene rings is 3. The van der Waals surface area contributed by atoms with Gasteiger partial charge in [-0.05, 0) is 47.5 Å². The van der Waals surface area contributed by atoms with Gasteiger partial charge in [-0.3, -0.25) is 4.90 Å². The van der Waals surface area contributed by atoms with Gasteiger partial charge in [-0.2, -0.15) is 0 Å². The van der Waals surface area contributed by atoms with Crippen molar-refractivity contribution in [1.29, 1.82) is 0 Å². The zero-order chi connectivity index (χ0) is 21.8. The van der Waals surface area contributed by atoms with E-state index >= 15 is 0 Å². The Labute approximate surface area is 178 Å². The summed E-state index contributed by atoms with van der Waals surface area (Å²) in [6.07, 6.45) is 0. The number of ether oxygens (including phenoxy) is 1. The fraction of sp³-hybridized carbons (Fsp3) is 0.250. The van der Waals surface area contributed by atoms with E-state index in [9.17, 15) is 17.6 Å². The minimum Gasteiger partial charge on any atom is -0.489 e. The minimum atomic E-state index is -0.743. The lowest BCUT2D eigenvalue weighted by atomic mass is 9.81. The topological polar surface area (TPSA) is 24.5 Å². The summed E-state index contributed by atoms with van der Waals surface area (Å²) in [5.74, 6) is -2.07. The predicted octanol–water partition coefficient (Wildman–Crippen LogP) is 4.47. The molecule has 1 heterocycles. The summed E-state index contributed by atoms with van der Waals surface area (Å²) in [7, 11) is 0. The number of rotatable bonds is 6. The van der Waals surface area contributed by atoms with Crippen LogP contribution < -0.4 is 10.1 Å². The molecule has 162 valence electrons. The van der Waals surface area contributed by atoms with Crippen molar-refractivity contribution in [1.82, 2.24) is 10.2 Å². The second-order valence-electron chi connectivity index (χ2n) is 7.55. The molecule has 3 aromatic rings. The Morgan fingerprint density at radius 3 is 1.97 bits per heavy atom. The molecule has 0 amide bonds. The lowest BCUT2D eigenvalue weighted by Crippen LogP contribution is -2.59. The van der Waals surface area contributed by atoms with Crippen molar-refractivity contribution in [2.45, 2.75) is 5.54 Å². The first-order valence-corrected chi connectivity index (χ1v) is 10.0. The van der Waals surface area contributed by atoms with Gasteiger partial charge in [0, 0.05) is 32.2 Å². The molecule has 1 aliphatic rings. The van der Waals surface area contributed by atoms with Crippen LogP contribution in [0.15, 0.2) is 66.7 Å². The maximum atomic E-state index is 13.8. The molecule has 0 aliphatic carbocycles. The summed E-state index contributed by atoms with van der Waals surface area (Å²) in [5.41, 5.74) is 1.05. The normalized spacial score (nSPS) is 16.3. The van der Waals surface area contributed by atoms with Crippen molar-refractivity contribution in [3.8, 4) is 5.75 Å². The summed E-state index contributed by atoms with van der Waals surface area (Å²) < 4.78 is 59.5. The highest BCUT2D eigenvalue weighted by molar-refractivity contribution is 5.40. The van der Waals surface area contributed by atoms with Crippen molar-refractivity contribution in [3.05, 3.63) is 101 Å². The molecule has 1 N–H and O–H groups in total. The Hall–Kier alpha value is -2.90. The smallest absolute Gasteiger partial charge is 0.167 e. The van der Waals surface area contributed by atoms with Crippen LogP contribution in [-0.4, -0.2) is 37.7 Å². The quantitative estimate of drug-likeness (QED) is 0.584. The summed E-state index contributed by atoms with van der Waals surface area (Å²) in [6, 6.07) is 15.7. The van der Waals surface area contributed by atoms with Crippen LogP contribution in [-0.2, 0) is 5.54 Å². The first kappa shape index (κ1) is 21.3. The minimum absolute atomic E-state index is 0.000123. The van der Waals surface area contributed by atoms with E-state index in [1.54, 1.807) is 24.3 Å². The fourth-order valence-corrected chi connectivity index (χ4v) is 3.99. The lowest BCUT2D eigenvalue weighted by Gasteiger charge is -2.44. The van der Waals surface area contributed by atoms with E-state index in [4.69, 9.17) is 4.74 Å². The monoisotopic (exact) mass is 430 g/mol. The lowest BCUT2D eigenvalue weighted by molar-refractivity contribution is 0.132. The Morgan fingerprint density at radius 1 is 0.806 bits per heavy atom. The maximum absolute atomic E-state index is 13.8. The van der Waals surface area contributed by atoms with Gasteiger partial charge in [0.2, 0.25) is 0 Å². The van der Waals surface area contributed by atoms with Gasteiger partial charge in [0.15, 0.2) is 11.6 Å². The van der Waals surface area contributed by atoms with E-state index in [-0.39, 0.29) is 24.0 Å². The molecule has 0 radical (unpaired) electrons. The van der Waals surface area contributed by atoms with Crippen LogP contribution in [0.3, 0.4) is 0 Å². The third kappa shape index (κ3) is 4.73. The van der Waals surface area contributed by atoms with E-state index in [1.807, 2.05) is 0 Å². The Kier molecular flexibility index (Phi) is 6.25. The van der Waals surface area contributed by atoms with Gasteiger partial charge in [0.1, 0.15) is 24.1 Å². The van der Waals surface area contributed by atoms with E-state index in [1.165, 1.54) is 30.3 Å². The first-order chi connectivity index (χ1) is 15.0. The van der Waals surface area contributed by atoms with Crippen LogP contribution in [0.5, 0.6) is 5.75 Å². The summed E-state index contributed by atoms with van der Waals surface area (Å²) in [4.78, 5) is 2.14. The van der Waals surface area contributed by atoms with E-state index < -0.39 is 17.2 Å². The fourth-order valence-electron chi connectivity index (χ4n) is 3.99. The van der Waals surface area contributed by atoms with Crippen LogP contribution in [0.4, 0.5) is 17.6 Å². The van der Waals surface area contributed by atoms with Gasteiger partial charge in [0.25, 0.3) is 0 Å². The molecule has 1 saturated heterocycles. The first-order valence-electron chi connectivity index (χ1n) is 10.0. The summed E-state index contributed by atoms with van der Waals surface area (Å²) in [6.45, 7) is 2.60. The highest BCUT2D eigenvalue weighted by Crippen LogP contribution is 2.33. The molecule has 0 saturated carbocycles. The van der Waals surface area contributed by atoms with Gasteiger partial charge < -0.3 is 10.1 Å². The average molecular weight is 430 g/mol. The van der Waals surface area contributed by atoms with E-state index in [0.717, 1.165) is 29.8 Å². The average Bonchev–Trinajstić information content (AvgIpc) is 2.76. The maximum Gasteiger partial charge on any atom is 0.167 e. The van der Waals surface area contributed by atoms with Crippen molar-refractivity contribution >= 4 is 0 Å². The molecular weight excluding hydrogens is 408 g/mol. The number of hydrogen-bond donors (Lipinski definition) is 1. The summed E-state index contributed by atoms with van der Waals surface area (Å²) in [5, 5.41) is 3.53. The molecule has 31 heavy (non-hydrogen) atoms. The van der Waals surface area contributed by atoms with Gasteiger partial charge in [-0.25, -0.2) is 17.6 Å². The third-order valence-corrected chi connectivity index (χ3v) is 5.55. The number of halogens is 4. The zero-order valence-corrected chi connectivity index (χ0v) is 16.8. The second-order valence-corrected chi connectivity index (χ2v) is 7.55. The SMILES string of the molecule is Fc1ccc(C2(c3ccc(F)cc3)CN(CCOc3ccc(F)cc3F)CCN2)cc1. The number of nitrogens with zero attached hydrogens (tertiary/aromatic N) is 1.